The first kappa shape index (κ1) is 17.9. The summed E-state index contributed by atoms with van der Waals surface area (Å²) in [7, 11) is 0. The lowest BCUT2D eigenvalue weighted by molar-refractivity contribution is -0.142. The van der Waals surface area contributed by atoms with E-state index in [1.807, 2.05) is 42.2 Å². The van der Waals surface area contributed by atoms with Crippen LogP contribution in [0.3, 0.4) is 0 Å². The molecule has 2 aliphatic rings. The van der Waals surface area contributed by atoms with Gasteiger partial charge in [0.2, 0.25) is 5.91 Å². The van der Waals surface area contributed by atoms with E-state index in [1.165, 1.54) is 0 Å². The maximum absolute atomic E-state index is 12.3. The Kier molecular flexibility index (Phi) is 6.04. The zero-order valence-electron chi connectivity index (χ0n) is 14.8. The monoisotopic (exact) mass is 345 g/mol. The average molecular weight is 345 g/mol. The van der Waals surface area contributed by atoms with E-state index in [0.29, 0.717) is 26.2 Å². The molecule has 0 aliphatic carbocycles. The largest absolute Gasteiger partial charge is 0.368 e. The number of hydrogen-bond acceptors (Lipinski definition) is 4. The third-order valence-corrected chi connectivity index (χ3v) is 4.93. The molecule has 25 heavy (non-hydrogen) atoms. The normalized spacial score (nSPS) is 22.6. The van der Waals surface area contributed by atoms with Gasteiger partial charge in [-0.1, -0.05) is 30.3 Å². The molecule has 0 bridgehead atoms. The first-order chi connectivity index (χ1) is 12.1. The molecule has 1 N–H and O–H groups in total. The van der Waals surface area contributed by atoms with Crippen molar-refractivity contribution in [1.29, 1.82) is 0 Å². The van der Waals surface area contributed by atoms with E-state index < -0.39 is 0 Å². The molecular weight excluding hydrogens is 318 g/mol. The minimum Gasteiger partial charge on any atom is -0.368 e. The molecule has 6 nitrogen and oxygen atoms in total. The second-order valence-electron chi connectivity index (χ2n) is 6.80. The second-order valence-corrected chi connectivity index (χ2v) is 6.80. The number of benzene rings is 1. The minimum absolute atomic E-state index is 0.00363. The van der Waals surface area contributed by atoms with Crippen molar-refractivity contribution in [2.24, 2.45) is 0 Å². The van der Waals surface area contributed by atoms with Crippen LogP contribution < -0.4 is 5.32 Å². The van der Waals surface area contributed by atoms with Crippen molar-refractivity contribution in [3.05, 3.63) is 35.9 Å². The van der Waals surface area contributed by atoms with E-state index in [0.717, 1.165) is 31.5 Å². The predicted molar refractivity (Wildman–Crippen MR) is 95.0 cm³/mol. The zero-order valence-corrected chi connectivity index (χ0v) is 14.8. The van der Waals surface area contributed by atoms with E-state index >= 15 is 0 Å². The third kappa shape index (κ3) is 4.80. The number of amides is 2. The van der Waals surface area contributed by atoms with Gasteiger partial charge >= 0.3 is 0 Å². The van der Waals surface area contributed by atoms with Crippen LogP contribution in [-0.4, -0.2) is 67.0 Å². The van der Waals surface area contributed by atoms with Gasteiger partial charge < -0.3 is 15.0 Å². The second kappa shape index (κ2) is 8.45. The average Bonchev–Trinajstić information content (AvgIpc) is 3.17. The van der Waals surface area contributed by atoms with Gasteiger partial charge in [-0.15, -0.1) is 0 Å². The van der Waals surface area contributed by atoms with Crippen LogP contribution in [0.15, 0.2) is 30.3 Å². The summed E-state index contributed by atoms with van der Waals surface area (Å²) in [6, 6.07) is 9.94. The highest BCUT2D eigenvalue weighted by molar-refractivity contribution is 5.81. The molecule has 2 aliphatic heterocycles. The fourth-order valence-electron chi connectivity index (χ4n) is 3.42. The van der Waals surface area contributed by atoms with E-state index in [-0.39, 0.29) is 24.0 Å². The quantitative estimate of drug-likeness (QED) is 0.871. The Labute approximate surface area is 149 Å². The summed E-state index contributed by atoms with van der Waals surface area (Å²) in [6.45, 7) is 5.85. The Balaban J connectivity index is 1.41. The number of piperazine rings is 1. The van der Waals surface area contributed by atoms with Crippen molar-refractivity contribution in [3.63, 3.8) is 0 Å². The molecule has 2 amide bonds. The lowest BCUT2D eigenvalue weighted by Gasteiger charge is -2.35. The molecule has 2 atom stereocenters. The lowest BCUT2D eigenvalue weighted by atomic mass is 10.1. The maximum atomic E-state index is 12.3. The summed E-state index contributed by atoms with van der Waals surface area (Å²) in [6.07, 6.45) is 1.55. The lowest BCUT2D eigenvalue weighted by Crippen LogP contribution is -2.53. The van der Waals surface area contributed by atoms with Crippen molar-refractivity contribution < 1.29 is 14.3 Å². The highest BCUT2D eigenvalue weighted by Crippen LogP contribution is 2.16. The van der Waals surface area contributed by atoms with Gasteiger partial charge in [-0.3, -0.25) is 14.5 Å². The van der Waals surface area contributed by atoms with Gasteiger partial charge in [0.05, 0.1) is 12.6 Å². The maximum Gasteiger partial charge on any atom is 0.251 e. The van der Waals surface area contributed by atoms with Crippen molar-refractivity contribution in [1.82, 2.24) is 15.1 Å². The Hall–Kier alpha value is -1.92. The molecule has 2 fully saturated rings. The Bertz CT molecular complexity index is 579. The molecule has 3 rings (SSSR count). The van der Waals surface area contributed by atoms with E-state index in [4.69, 9.17) is 4.74 Å². The van der Waals surface area contributed by atoms with Gasteiger partial charge in [0.25, 0.3) is 5.91 Å². The van der Waals surface area contributed by atoms with Crippen molar-refractivity contribution >= 4 is 11.8 Å². The van der Waals surface area contributed by atoms with Crippen LogP contribution in [0.5, 0.6) is 0 Å². The number of nitrogens with zero attached hydrogens (tertiary/aromatic N) is 2. The highest BCUT2D eigenvalue weighted by Gasteiger charge is 2.30. The van der Waals surface area contributed by atoms with Crippen LogP contribution in [0, 0.1) is 0 Å². The van der Waals surface area contributed by atoms with E-state index in [2.05, 4.69) is 10.2 Å². The van der Waals surface area contributed by atoms with Gasteiger partial charge in [-0.05, 0) is 25.3 Å². The predicted octanol–water partition coefficient (Wildman–Crippen LogP) is 1.19. The molecule has 0 radical (unpaired) electrons. The molecule has 136 valence electrons. The van der Waals surface area contributed by atoms with Gasteiger partial charge in [0, 0.05) is 32.8 Å². The van der Waals surface area contributed by atoms with Crippen molar-refractivity contribution in [3.8, 4) is 0 Å². The number of carbonyl (C=O) groups excluding carboxylic acids is 2. The molecule has 2 saturated heterocycles. The number of nitrogens with one attached hydrogen (secondary N) is 1. The molecule has 0 spiro atoms. The number of hydrogen-bond donors (Lipinski definition) is 1. The number of ether oxygens (including phenoxy) is 1. The first-order valence-corrected chi connectivity index (χ1v) is 9.10. The molecule has 0 saturated carbocycles. The Morgan fingerprint density at radius 1 is 1.20 bits per heavy atom. The molecular formula is C19H27N3O3. The molecule has 1 aromatic rings. The topological polar surface area (TPSA) is 61.9 Å². The van der Waals surface area contributed by atoms with E-state index in [9.17, 15) is 9.59 Å². The standard InChI is InChI=1S/C19H27N3O3/c1-15(16-6-3-2-4-7-16)20-18(23)14-21-9-11-22(12-10-21)19(24)17-8-5-13-25-17/h2-4,6-7,15,17H,5,8-14H2,1H3,(H,20,23). The van der Waals surface area contributed by atoms with E-state index in [1.54, 1.807) is 0 Å². The molecule has 0 aromatic heterocycles. The van der Waals surface area contributed by atoms with Crippen molar-refractivity contribution in [2.75, 3.05) is 39.3 Å². The minimum atomic E-state index is -0.249. The SMILES string of the molecule is CC(NC(=O)CN1CCN(C(=O)C2CCCO2)CC1)c1ccccc1. The van der Waals surface area contributed by atoms with Gasteiger partial charge in [0.1, 0.15) is 6.10 Å². The van der Waals surface area contributed by atoms with Crippen LogP contribution in [0.4, 0.5) is 0 Å². The summed E-state index contributed by atoms with van der Waals surface area (Å²) < 4.78 is 5.48. The number of rotatable bonds is 5. The first-order valence-electron chi connectivity index (χ1n) is 9.10. The summed E-state index contributed by atoms with van der Waals surface area (Å²) >= 11 is 0. The highest BCUT2D eigenvalue weighted by atomic mass is 16.5. The zero-order chi connectivity index (χ0) is 17.6. The van der Waals surface area contributed by atoms with Crippen LogP contribution in [-0.2, 0) is 14.3 Å². The molecule has 2 heterocycles. The van der Waals surface area contributed by atoms with Gasteiger partial charge in [0.15, 0.2) is 0 Å². The fourth-order valence-corrected chi connectivity index (χ4v) is 3.42. The Morgan fingerprint density at radius 2 is 1.92 bits per heavy atom. The molecule has 1 aromatic carbocycles. The van der Waals surface area contributed by atoms with Crippen LogP contribution in [0.25, 0.3) is 0 Å². The van der Waals surface area contributed by atoms with Gasteiger partial charge in [-0.2, -0.15) is 0 Å². The van der Waals surface area contributed by atoms with Crippen LogP contribution in [0.2, 0.25) is 0 Å². The van der Waals surface area contributed by atoms with Gasteiger partial charge in [-0.25, -0.2) is 0 Å². The summed E-state index contributed by atoms with van der Waals surface area (Å²) in [5.74, 6) is 0.134. The smallest absolute Gasteiger partial charge is 0.251 e. The summed E-state index contributed by atoms with van der Waals surface area (Å²) in [5, 5.41) is 3.04. The molecule has 6 heteroatoms. The molecule has 2 unspecified atom stereocenters. The fraction of sp³-hybridized carbons (Fsp3) is 0.579. The van der Waals surface area contributed by atoms with Crippen LogP contribution >= 0.6 is 0 Å². The number of carbonyl (C=O) groups is 2. The summed E-state index contributed by atoms with van der Waals surface area (Å²) in [5.41, 5.74) is 1.10. The van der Waals surface area contributed by atoms with Crippen molar-refractivity contribution in [2.45, 2.75) is 31.9 Å². The van der Waals surface area contributed by atoms with Crippen LogP contribution in [0.1, 0.15) is 31.4 Å². The Morgan fingerprint density at radius 3 is 2.56 bits per heavy atom. The summed E-state index contributed by atoms with van der Waals surface area (Å²) in [4.78, 5) is 28.6. The third-order valence-electron chi connectivity index (χ3n) is 4.93.